The van der Waals surface area contributed by atoms with Crippen LogP contribution < -0.4 is 0 Å². The first-order valence-corrected chi connectivity index (χ1v) is 5.41. The van der Waals surface area contributed by atoms with Crippen molar-refractivity contribution in [2.24, 2.45) is 5.29 Å². The molecule has 1 aliphatic rings. The van der Waals surface area contributed by atoms with Crippen LogP contribution in [0.4, 0.5) is 0 Å². The molecule has 1 aromatic heterocycles. The molecule has 6 nitrogen and oxygen atoms in total. The summed E-state index contributed by atoms with van der Waals surface area (Å²) in [5, 5.41) is 4.25. The molecule has 0 N–H and O–H groups in total. The highest BCUT2D eigenvalue weighted by molar-refractivity contribution is 5.66. The second-order valence-corrected chi connectivity index (χ2v) is 3.91. The minimum atomic E-state index is -0.560. The maximum atomic E-state index is 10.9. The molecule has 0 amide bonds. The van der Waals surface area contributed by atoms with Gasteiger partial charge in [0, 0.05) is 25.7 Å². The van der Waals surface area contributed by atoms with Crippen molar-refractivity contribution >= 4 is 5.97 Å². The van der Waals surface area contributed by atoms with Crippen molar-refractivity contribution in [2.45, 2.75) is 32.0 Å². The van der Waals surface area contributed by atoms with Crippen molar-refractivity contribution < 1.29 is 9.53 Å². The van der Waals surface area contributed by atoms with Gasteiger partial charge in [-0.05, 0) is 18.1 Å². The zero-order chi connectivity index (χ0) is 12.3. The summed E-state index contributed by atoms with van der Waals surface area (Å²) in [5.41, 5.74) is 0.904. The summed E-state index contributed by atoms with van der Waals surface area (Å²) in [7, 11) is 0. The molecular formula is C11H13N3O3. The summed E-state index contributed by atoms with van der Waals surface area (Å²) in [5.74, 6) is -0.407. The minimum absolute atomic E-state index is 0.162. The number of hydrogen-bond donors (Lipinski definition) is 0. The fraction of sp³-hybridized carbons (Fsp3) is 0.455. The maximum Gasteiger partial charge on any atom is 0.304 e. The number of esters is 1. The normalized spacial score (nSPS) is 23.5. The number of aromatic nitrogens is 1. The lowest BCUT2D eigenvalue weighted by molar-refractivity contribution is -0.155. The Bertz CT molecular complexity index is 410. The van der Waals surface area contributed by atoms with Crippen LogP contribution in [0.3, 0.4) is 0 Å². The zero-order valence-electron chi connectivity index (χ0n) is 9.44. The number of hydrogen-bond acceptors (Lipinski definition) is 5. The van der Waals surface area contributed by atoms with Crippen LogP contribution >= 0.6 is 0 Å². The first-order valence-electron chi connectivity index (χ1n) is 5.41. The number of ether oxygens (including phenoxy) is 1. The zero-order valence-corrected chi connectivity index (χ0v) is 9.44. The number of carbonyl (C=O) groups excluding carboxylic acids is 1. The molecule has 1 saturated heterocycles. The van der Waals surface area contributed by atoms with Crippen LogP contribution in [0.15, 0.2) is 29.8 Å². The van der Waals surface area contributed by atoms with Crippen molar-refractivity contribution in [1.82, 2.24) is 9.99 Å². The largest absolute Gasteiger partial charge is 0.440 e. The van der Waals surface area contributed by atoms with Gasteiger partial charge in [-0.2, -0.15) is 0 Å². The molecule has 90 valence electrons. The monoisotopic (exact) mass is 235 g/mol. The third-order valence-electron chi connectivity index (χ3n) is 2.77. The Labute approximate surface area is 98.5 Å². The third-order valence-corrected chi connectivity index (χ3v) is 2.77. The number of pyridine rings is 1. The standard InChI is InChI=1S/C11H13N3O3/c1-8(15)17-11-5-4-10(14(11)13-16)9-3-2-6-12-7-9/h2-3,6-7,10-11H,4-5H2,1H3/t10-,11-/m0/s1. The van der Waals surface area contributed by atoms with E-state index in [1.54, 1.807) is 18.5 Å². The summed E-state index contributed by atoms with van der Waals surface area (Å²) in [4.78, 5) is 25.8. The SMILES string of the molecule is CC(=O)O[C@H]1CC[C@@H](c2cccnc2)N1N=O. The molecule has 2 atom stereocenters. The maximum absolute atomic E-state index is 10.9. The predicted molar refractivity (Wildman–Crippen MR) is 59.4 cm³/mol. The Morgan fingerprint density at radius 1 is 1.59 bits per heavy atom. The lowest BCUT2D eigenvalue weighted by Crippen LogP contribution is -2.30. The van der Waals surface area contributed by atoms with Gasteiger partial charge in [-0.15, -0.1) is 4.91 Å². The van der Waals surface area contributed by atoms with Crippen LogP contribution in [0.5, 0.6) is 0 Å². The van der Waals surface area contributed by atoms with Crippen LogP contribution in [0.25, 0.3) is 0 Å². The summed E-state index contributed by atoms with van der Waals surface area (Å²) in [6, 6.07) is 3.52. The fourth-order valence-electron chi connectivity index (χ4n) is 2.07. The van der Waals surface area contributed by atoms with Crippen LogP contribution in [-0.4, -0.2) is 22.2 Å². The highest BCUT2D eigenvalue weighted by Crippen LogP contribution is 2.36. The molecule has 0 spiro atoms. The lowest BCUT2D eigenvalue weighted by atomic mass is 10.1. The van der Waals surface area contributed by atoms with E-state index in [0.717, 1.165) is 12.0 Å². The fourth-order valence-corrected chi connectivity index (χ4v) is 2.07. The van der Waals surface area contributed by atoms with Crippen molar-refractivity contribution in [2.75, 3.05) is 0 Å². The van der Waals surface area contributed by atoms with Gasteiger partial charge < -0.3 is 4.74 Å². The van der Waals surface area contributed by atoms with Crippen LogP contribution in [0.2, 0.25) is 0 Å². The van der Waals surface area contributed by atoms with Crippen LogP contribution in [-0.2, 0) is 9.53 Å². The first kappa shape index (κ1) is 11.5. The summed E-state index contributed by atoms with van der Waals surface area (Å²) < 4.78 is 5.04. The molecule has 2 heterocycles. The van der Waals surface area contributed by atoms with Gasteiger partial charge in [0.1, 0.15) is 0 Å². The quantitative estimate of drug-likeness (QED) is 0.590. The van der Waals surface area contributed by atoms with Crippen molar-refractivity contribution in [3.63, 3.8) is 0 Å². The van der Waals surface area contributed by atoms with Crippen molar-refractivity contribution in [1.29, 1.82) is 0 Å². The Morgan fingerprint density at radius 2 is 2.41 bits per heavy atom. The van der Waals surface area contributed by atoms with Crippen molar-refractivity contribution in [3.05, 3.63) is 35.0 Å². The first-order chi connectivity index (χ1) is 8.22. The van der Waals surface area contributed by atoms with E-state index in [1.807, 2.05) is 6.07 Å². The lowest BCUT2D eigenvalue weighted by Gasteiger charge is -2.23. The van der Waals surface area contributed by atoms with E-state index in [4.69, 9.17) is 4.74 Å². The van der Waals surface area contributed by atoms with E-state index in [2.05, 4.69) is 10.3 Å². The molecule has 0 saturated carbocycles. The van der Waals surface area contributed by atoms with Gasteiger partial charge in [0.25, 0.3) is 0 Å². The Hall–Kier alpha value is -1.98. The van der Waals surface area contributed by atoms with E-state index < -0.39 is 12.2 Å². The second kappa shape index (κ2) is 4.90. The van der Waals surface area contributed by atoms with Gasteiger partial charge in [-0.1, -0.05) is 6.07 Å². The minimum Gasteiger partial charge on any atom is -0.440 e. The molecule has 1 fully saturated rings. The van der Waals surface area contributed by atoms with Crippen molar-refractivity contribution in [3.8, 4) is 0 Å². The summed E-state index contributed by atoms with van der Waals surface area (Å²) in [6.07, 6.45) is 4.12. The van der Waals surface area contributed by atoms with Gasteiger partial charge in [-0.3, -0.25) is 9.78 Å². The Balaban J connectivity index is 2.15. The molecule has 0 bridgehead atoms. The molecule has 1 aromatic rings. The number of nitroso groups, excluding NO2 is 1. The van der Waals surface area contributed by atoms with E-state index in [-0.39, 0.29) is 6.04 Å². The van der Waals surface area contributed by atoms with Gasteiger partial charge in [0.15, 0.2) is 6.23 Å². The molecule has 0 aromatic carbocycles. The van der Waals surface area contributed by atoms with E-state index in [9.17, 15) is 9.70 Å². The summed E-state index contributed by atoms with van der Waals surface area (Å²) >= 11 is 0. The van der Waals surface area contributed by atoms with Crippen LogP contribution in [0.1, 0.15) is 31.4 Å². The summed E-state index contributed by atoms with van der Waals surface area (Å²) in [6.45, 7) is 1.32. The third kappa shape index (κ3) is 2.41. The molecule has 0 radical (unpaired) electrons. The van der Waals surface area contributed by atoms with Gasteiger partial charge in [-0.25, -0.2) is 5.01 Å². The predicted octanol–water partition coefficient (Wildman–Crippen LogP) is 1.79. The molecule has 0 unspecified atom stereocenters. The Kier molecular flexibility index (Phi) is 3.32. The average Bonchev–Trinajstić information content (AvgIpc) is 2.72. The van der Waals surface area contributed by atoms with E-state index in [1.165, 1.54) is 11.9 Å². The highest BCUT2D eigenvalue weighted by atomic mass is 16.6. The highest BCUT2D eigenvalue weighted by Gasteiger charge is 2.36. The molecule has 1 aliphatic heterocycles. The number of nitrogens with zero attached hydrogens (tertiary/aromatic N) is 3. The molecule has 17 heavy (non-hydrogen) atoms. The molecule has 6 heteroatoms. The molecular weight excluding hydrogens is 222 g/mol. The molecule has 0 aliphatic carbocycles. The average molecular weight is 235 g/mol. The smallest absolute Gasteiger partial charge is 0.304 e. The van der Waals surface area contributed by atoms with E-state index in [0.29, 0.717) is 6.42 Å². The number of rotatable bonds is 3. The Morgan fingerprint density at radius 3 is 3.00 bits per heavy atom. The topological polar surface area (TPSA) is 71.9 Å². The van der Waals surface area contributed by atoms with E-state index >= 15 is 0 Å². The number of carbonyl (C=O) groups is 1. The van der Waals surface area contributed by atoms with Gasteiger partial charge >= 0.3 is 5.97 Å². The van der Waals surface area contributed by atoms with Gasteiger partial charge in [0.2, 0.25) is 0 Å². The molecule has 2 rings (SSSR count). The van der Waals surface area contributed by atoms with Crippen LogP contribution in [0, 0.1) is 4.91 Å². The van der Waals surface area contributed by atoms with Gasteiger partial charge in [0.05, 0.1) is 11.3 Å². The second-order valence-electron chi connectivity index (χ2n) is 3.91.